The van der Waals surface area contributed by atoms with Crippen LogP contribution in [0, 0.1) is 17.1 Å². The summed E-state index contributed by atoms with van der Waals surface area (Å²) >= 11 is 0. The van der Waals surface area contributed by atoms with Crippen LogP contribution in [-0.4, -0.2) is 29.2 Å². The second kappa shape index (κ2) is 6.08. The highest BCUT2D eigenvalue weighted by molar-refractivity contribution is 5.50. The quantitative estimate of drug-likeness (QED) is 0.852. The molecule has 1 aliphatic heterocycles. The van der Waals surface area contributed by atoms with Crippen LogP contribution in [0.3, 0.4) is 0 Å². The SMILES string of the molecule is CC1CN(c2nccnc2C#N)CC(c2ccc(F)cc2)O1. The van der Waals surface area contributed by atoms with Gasteiger partial charge in [-0.3, -0.25) is 0 Å². The molecule has 0 amide bonds. The number of rotatable bonds is 2. The molecule has 0 aliphatic carbocycles. The Morgan fingerprint density at radius 1 is 1.23 bits per heavy atom. The van der Waals surface area contributed by atoms with Crippen molar-refractivity contribution < 1.29 is 9.13 Å². The van der Waals surface area contributed by atoms with E-state index in [1.54, 1.807) is 18.3 Å². The predicted octanol–water partition coefficient (Wildman–Crippen LogP) is 2.45. The molecule has 0 spiro atoms. The summed E-state index contributed by atoms with van der Waals surface area (Å²) in [6, 6.07) is 8.35. The Bertz CT molecular complexity index is 698. The molecule has 22 heavy (non-hydrogen) atoms. The normalized spacial score (nSPS) is 21.4. The first kappa shape index (κ1) is 14.4. The molecule has 112 valence electrons. The fourth-order valence-corrected chi connectivity index (χ4v) is 2.63. The zero-order valence-electron chi connectivity index (χ0n) is 12.1. The lowest BCUT2D eigenvalue weighted by Crippen LogP contribution is -2.43. The van der Waals surface area contributed by atoms with Crippen molar-refractivity contribution in [3.05, 3.63) is 53.7 Å². The van der Waals surface area contributed by atoms with Crippen molar-refractivity contribution in [2.75, 3.05) is 18.0 Å². The number of hydrogen-bond donors (Lipinski definition) is 0. The zero-order valence-corrected chi connectivity index (χ0v) is 12.1. The van der Waals surface area contributed by atoms with Crippen LogP contribution in [0.4, 0.5) is 10.2 Å². The average molecular weight is 298 g/mol. The third-order valence-electron chi connectivity index (χ3n) is 3.59. The van der Waals surface area contributed by atoms with Crippen LogP contribution in [0.2, 0.25) is 0 Å². The Morgan fingerprint density at radius 2 is 1.95 bits per heavy atom. The monoisotopic (exact) mass is 298 g/mol. The summed E-state index contributed by atoms with van der Waals surface area (Å²) in [6.07, 6.45) is 2.85. The minimum absolute atomic E-state index is 0.0302. The molecule has 6 heteroatoms. The van der Waals surface area contributed by atoms with E-state index in [0.29, 0.717) is 24.6 Å². The lowest BCUT2D eigenvalue weighted by atomic mass is 10.1. The number of benzene rings is 1. The van der Waals surface area contributed by atoms with Crippen molar-refractivity contribution in [2.24, 2.45) is 0 Å². The highest BCUT2D eigenvalue weighted by Crippen LogP contribution is 2.28. The first-order valence-corrected chi connectivity index (χ1v) is 7.04. The molecule has 0 radical (unpaired) electrons. The molecule has 0 bridgehead atoms. The van der Waals surface area contributed by atoms with Crippen LogP contribution in [0.5, 0.6) is 0 Å². The maximum atomic E-state index is 13.1. The molecular formula is C16H15FN4O. The van der Waals surface area contributed by atoms with Gasteiger partial charge in [-0.2, -0.15) is 5.26 Å². The van der Waals surface area contributed by atoms with Gasteiger partial charge in [0.05, 0.1) is 6.10 Å². The molecule has 0 N–H and O–H groups in total. The van der Waals surface area contributed by atoms with Gasteiger partial charge >= 0.3 is 0 Å². The van der Waals surface area contributed by atoms with Crippen LogP contribution in [0.25, 0.3) is 0 Å². The summed E-state index contributed by atoms with van der Waals surface area (Å²) in [5.74, 6) is 0.289. The van der Waals surface area contributed by atoms with Gasteiger partial charge in [0.25, 0.3) is 0 Å². The van der Waals surface area contributed by atoms with Crippen molar-refractivity contribution in [1.82, 2.24) is 9.97 Å². The van der Waals surface area contributed by atoms with Crippen molar-refractivity contribution in [3.8, 4) is 6.07 Å². The van der Waals surface area contributed by atoms with E-state index in [4.69, 9.17) is 4.74 Å². The van der Waals surface area contributed by atoms with Gasteiger partial charge in [0.2, 0.25) is 0 Å². The molecule has 2 unspecified atom stereocenters. The summed E-state index contributed by atoms with van der Waals surface area (Å²) in [4.78, 5) is 10.3. The number of hydrogen-bond acceptors (Lipinski definition) is 5. The fraction of sp³-hybridized carbons (Fsp3) is 0.312. The number of morpholine rings is 1. The Morgan fingerprint density at radius 3 is 2.68 bits per heavy atom. The Labute approximate surface area is 128 Å². The van der Waals surface area contributed by atoms with Gasteiger partial charge in [0, 0.05) is 25.5 Å². The average Bonchev–Trinajstić information content (AvgIpc) is 2.55. The molecule has 1 aromatic heterocycles. The highest BCUT2D eigenvalue weighted by Gasteiger charge is 2.28. The molecule has 2 aromatic rings. The van der Waals surface area contributed by atoms with E-state index in [1.807, 2.05) is 11.8 Å². The molecule has 0 saturated carbocycles. The molecule has 2 atom stereocenters. The summed E-state index contributed by atoms with van der Waals surface area (Å²) in [7, 11) is 0. The summed E-state index contributed by atoms with van der Waals surface area (Å²) < 4.78 is 19.0. The maximum Gasteiger partial charge on any atom is 0.183 e. The lowest BCUT2D eigenvalue weighted by Gasteiger charge is -2.37. The smallest absolute Gasteiger partial charge is 0.183 e. The first-order valence-electron chi connectivity index (χ1n) is 7.04. The second-order valence-corrected chi connectivity index (χ2v) is 5.23. The Hall–Kier alpha value is -2.52. The fourth-order valence-electron chi connectivity index (χ4n) is 2.63. The van der Waals surface area contributed by atoms with Crippen molar-refractivity contribution in [2.45, 2.75) is 19.1 Å². The summed E-state index contributed by atoms with van der Waals surface area (Å²) in [5.41, 5.74) is 1.20. The Kier molecular flexibility index (Phi) is 3.98. The topological polar surface area (TPSA) is 62.0 Å². The van der Waals surface area contributed by atoms with E-state index >= 15 is 0 Å². The number of halogens is 1. The van der Waals surface area contributed by atoms with Gasteiger partial charge in [-0.25, -0.2) is 14.4 Å². The molecule has 5 nitrogen and oxygen atoms in total. The predicted molar refractivity (Wildman–Crippen MR) is 78.6 cm³/mol. The van der Waals surface area contributed by atoms with E-state index in [9.17, 15) is 9.65 Å². The lowest BCUT2D eigenvalue weighted by molar-refractivity contribution is -0.0176. The molecule has 3 rings (SSSR count). The molecular weight excluding hydrogens is 283 g/mol. The molecule has 2 heterocycles. The minimum atomic E-state index is -0.273. The van der Waals surface area contributed by atoms with Crippen LogP contribution >= 0.6 is 0 Å². The largest absolute Gasteiger partial charge is 0.367 e. The molecule has 1 saturated heterocycles. The van der Waals surface area contributed by atoms with Crippen molar-refractivity contribution in [3.63, 3.8) is 0 Å². The van der Waals surface area contributed by atoms with Crippen LogP contribution in [0.15, 0.2) is 36.7 Å². The third kappa shape index (κ3) is 2.90. The molecule has 1 aliphatic rings. The summed E-state index contributed by atoms with van der Waals surface area (Å²) in [6.45, 7) is 3.14. The van der Waals surface area contributed by atoms with Gasteiger partial charge in [-0.15, -0.1) is 0 Å². The first-order chi connectivity index (χ1) is 10.7. The van der Waals surface area contributed by atoms with Crippen LogP contribution in [0.1, 0.15) is 24.3 Å². The summed E-state index contributed by atoms with van der Waals surface area (Å²) in [5, 5.41) is 9.18. The Balaban J connectivity index is 1.88. The van der Waals surface area contributed by atoms with Gasteiger partial charge in [0.1, 0.15) is 18.0 Å². The van der Waals surface area contributed by atoms with E-state index in [2.05, 4.69) is 16.0 Å². The number of nitriles is 1. The van der Waals surface area contributed by atoms with Crippen molar-refractivity contribution >= 4 is 5.82 Å². The maximum absolute atomic E-state index is 13.1. The van der Waals surface area contributed by atoms with E-state index < -0.39 is 0 Å². The van der Waals surface area contributed by atoms with E-state index in [-0.39, 0.29) is 18.0 Å². The third-order valence-corrected chi connectivity index (χ3v) is 3.59. The molecule has 1 aromatic carbocycles. The van der Waals surface area contributed by atoms with Crippen LogP contribution < -0.4 is 4.90 Å². The van der Waals surface area contributed by atoms with Crippen molar-refractivity contribution in [1.29, 1.82) is 5.26 Å². The minimum Gasteiger partial charge on any atom is -0.367 e. The highest BCUT2D eigenvalue weighted by atomic mass is 19.1. The number of anilines is 1. The number of ether oxygens (including phenoxy) is 1. The number of aromatic nitrogens is 2. The standard InChI is InChI=1S/C16H15FN4O/c1-11-9-21(16-14(8-18)19-6-7-20-16)10-15(22-11)12-2-4-13(17)5-3-12/h2-7,11,15H,9-10H2,1H3. The van der Waals surface area contributed by atoms with Gasteiger partial charge < -0.3 is 9.64 Å². The van der Waals surface area contributed by atoms with Gasteiger partial charge in [-0.1, -0.05) is 12.1 Å². The molecule has 1 fully saturated rings. The van der Waals surface area contributed by atoms with Gasteiger partial charge in [-0.05, 0) is 24.6 Å². The van der Waals surface area contributed by atoms with Crippen LogP contribution in [-0.2, 0) is 4.74 Å². The van der Waals surface area contributed by atoms with E-state index in [0.717, 1.165) is 5.56 Å². The second-order valence-electron chi connectivity index (χ2n) is 5.23. The van der Waals surface area contributed by atoms with Gasteiger partial charge in [0.15, 0.2) is 11.5 Å². The van der Waals surface area contributed by atoms with E-state index in [1.165, 1.54) is 18.3 Å². The zero-order chi connectivity index (χ0) is 15.5. The number of nitrogens with zero attached hydrogens (tertiary/aromatic N) is 4.